The van der Waals surface area contributed by atoms with Gasteiger partial charge in [0.15, 0.2) is 0 Å². The number of nitrogens with zero attached hydrogens (tertiary/aromatic N) is 2. The lowest BCUT2D eigenvalue weighted by atomic mass is 9.72. The standard InChI is InChI=1S/C28H29FN4O/c1-30-28(34)19-8-10-24-25(14-19)33-27(32-24)26(18-6-7-18)17-4-2-16(3-5-17)21-12-13-31-23-11-9-20(29)15-22(21)23/h8-18,26H,2-7H2,1H3,(H,30,34)(H,32,33)/t16-,17+,26?. The van der Waals surface area contributed by atoms with Gasteiger partial charge in [-0.05, 0) is 104 Å². The molecule has 2 fully saturated rings. The Hall–Kier alpha value is -3.28. The Morgan fingerprint density at radius 3 is 2.50 bits per heavy atom. The highest BCUT2D eigenvalue weighted by Crippen LogP contribution is 2.51. The van der Waals surface area contributed by atoms with E-state index < -0.39 is 0 Å². The topological polar surface area (TPSA) is 70.7 Å². The summed E-state index contributed by atoms with van der Waals surface area (Å²) in [5, 5.41) is 3.64. The summed E-state index contributed by atoms with van der Waals surface area (Å²) in [5.41, 5.74) is 4.59. The van der Waals surface area contributed by atoms with Gasteiger partial charge < -0.3 is 10.3 Å². The summed E-state index contributed by atoms with van der Waals surface area (Å²) in [6, 6.07) is 12.7. The zero-order chi connectivity index (χ0) is 23.2. The Morgan fingerprint density at radius 1 is 1.00 bits per heavy atom. The van der Waals surface area contributed by atoms with Crippen LogP contribution in [-0.2, 0) is 0 Å². The fraction of sp³-hybridized carbons (Fsp3) is 0.393. The van der Waals surface area contributed by atoms with E-state index in [4.69, 9.17) is 4.98 Å². The first-order chi connectivity index (χ1) is 16.6. The summed E-state index contributed by atoms with van der Waals surface area (Å²) in [6.07, 6.45) is 8.88. The number of carbonyl (C=O) groups excluding carboxylic acids is 1. The molecule has 1 amide bonds. The zero-order valence-electron chi connectivity index (χ0n) is 19.4. The summed E-state index contributed by atoms with van der Waals surface area (Å²) in [6.45, 7) is 0. The minimum Gasteiger partial charge on any atom is -0.355 e. The second kappa shape index (κ2) is 8.49. The fourth-order valence-electron chi connectivity index (χ4n) is 6.04. The zero-order valence-corrected chi connectivity index (χ0v) is 19.4. The van der Waals surface area contributed by atoms with Crippen LogP contribution >= 0.6 is 0 Å². The van der Waals surface area contributed by atoms with Crippen molar-refractivity contribution >= 4 is 27.8 Å². The molecular formula is C28H29FN4O. The number of aromatic amines is 1. The van der Waals surface area contributed by atoms with Gasteiger partial charge in [0, 0.05) is 30.1 Å². The van der Waals surface area contributed by atoms with E-state index in [-0.39, 0.29) is 11.7 Å². The number of rotatable bonds is 5. The molecular weight excluding hydrogens is 427 g/mol. The van der Waals surface area contributed by atoms with E-state index in [0.717, 1.165) is 53.4 Å². The van der Waals surface area contributed by atoms with Crippen molar-refractivity contribution in [1.82, 2.24) is 20.3 Å². The van der Waals surface area contributed by atoms with Gasteiger partial charge >= 0.3 is 0 Å². The molecule has 1 unspecified atom stereocenters. The Morgan fingerprint density at radius 2 is 1.76 bits per heavy atom. The third kappa shape index (κ3) is 3.85. The average Bonchev–Trinajstić information content (AvgIpc) is 3.61. The molecule has 2 aromatic heterocycles. The third-order valence-corrected chi connectivity index (χ3v) is 7.89. The van der Waals surface area contributed by atoms with Gasteiger partial charge in [-0.15, -0.1) is 0 Å². The monoisotopic (exact) mass is 456 g/mol. The summed E-state index contributed by atoms with van der Waals surface area (Å²) < 4.78 is 14.0. The Balaban J connectivity index is 1.24. The van der Waals surface area contributed by atoms with Crippen LogP contribution in [0.4, 0.5) is 4.39 Å². The number of carbonyl (C=O) groups is 1. The van der Waals surface area contributed by atoms with Crippen molar-refractivity contribution in [1.29, 1.82) is 0 Å². The quantitative estimate of drug-likeness (QED) is 0.382. The van der Waals surface area contributed by atoms with Gasteiger partial charge in [0.1, 0.15) is 11.6 Å². The van der Waals surface area contributed by atoms with Crippen LogP contribution in [0.3, 0.4) is 0 Å². The summed E-state index contributed by atoms with van der Waals surface area (Å²) in [7, 11) is 1.65. The van der Waals surface area contributed by atoms with Crippen LogP contribution in [0, 0.1) is 17.7 Å². The number of imidazole rings is 1. The lowest BCUT2D eigenvalue weighted by molar-refractivity contribution is 0.0963. The molecule has 6 heteroatoms. The summed E-state index contributed by atoms with van der Waals surface area (Å²) in [5.74, 6) is 2.94. The molecule has 4 aromatic rings. The maximum absolute atomic E-state index is 14.0. The molecule has 0 bridgehead atoms. The van der Waals surface area contributed by atoms with Crippen molar-refractivity contribution in [2.75, 3.05) is 7.05 Å². The normalized spacial score (nSPS) is 21.6. The highest BCUT2D eigenvalue weighted by atomic mass is 19.1. The Bertz CT molecular complexity index is 1370. The van der Waals surface area contributed by atoms with Crippen molar-refractivity contribution in [2.45, 2.75) is 50.4 Å². The average molecular weight is 457 g/mol. The number of hydrogen-bond acceptors (Lipinski definition) is 3. The molecule has 2 aliphatic rings. The predicted octanol–water partition coefficient (Wildman–Crippen LogP) is 6.08. The molecule has 2 saturated carbocycles. The summed E-state index contributed by atoms with van der Waals surface area (Å²) >= 11 is 0. The molecule has 2 aromatic carbocycles. The van der Waals surface area contributed by atoms with E-state index in [1.54, 1.807) is 19.2 Å². The Kier molecular flexibility index (Phi) is 5.31. The second-order valence-corrected chi connectivity index (χ2v) is 9.97. The van der Waals surface area contributed by atoms with Crippen LogP contribution in [0.15, 0.2) is 48.7 Å². The first-order valence-electron chi connectivity index (χ1n) is 12.4. The molecule has 0 saturated heterocycles. The van der Waals surface area contributed by atoms with Crippen molar-refractivity contribution in [3.05, 3.63) is 71.4 Å². The highest BCUT2D eigenvalue weighted by molar-refractivity contribution is 5.97. The number of H-pyrrole nitrogens is 1. The van der Waals surface area contributed by atoms with Crippen LogP contribution < -0.4 is 5.32 Å². The maximum Gasteiger partial charge on any atom is 0.251 e. The minimum absolute atomic E-state index is 0.0907. The van der Waals surface area contributed by atoms with Crippen molar-refractivity contribution in [2.24, 2.45) is 11.8 Å². The number of halogens is 1. The summed E-state index contributed by atoms with van der Waals surface area (Å²) in [4.78, 5) is 25.0. The van der Waals surface area contributed by atoms with E-state index in [1.165, 1.54) is 24.5 Å². The van der Waals surface area contributed by atoms with Crippen molar-refractivity contribution in [3.8, 4) is 0 Å². The Labute approximate surface area is 198 Å². The van der Waals surface area contributed by atoms with E-state index in [2.05, 4.69) is 21.4 Å². The minimum atomic E-state index is -0.200. The van der Waals surface area contributed by atoms with Gasteiger partial charge in [-0.2, -0.15) is 0 Å². The van der Waals surface area contributed by atoms with E-state index in [0.29, 0.717) is 29.2 Å². The first-order valence-corrected chi connectivity index (χ1v) is 12.4. The molecule has 2 heterocycles. The molecule has 2 aliphatic carbocycles. The van der Waals surface area contributed by atoms with E-state index in [9.17, 15) is 9.18 Å². The lowest BCUT2D eigenvalue weighted by Crippen LogP contribution is -2.22. The van der Waals surface area contributed by atoms with E-state index in [1.807, 2.05) is 24.4 Å². The van der Waals surface area contributed by atoms with Gasteiger partial charge in [-0.25, -0.2) is 9.37 Å². The SMILES string of the molecule is CNC(=O)c1ccc2[nH]c(C(C3CC3)[C@H]3CC[C@@H](c4ccnc5ccc(F)cc54)CC3)nc2c1. The molecule has 174 valence electrons. The van der Waals surface area contributed by atoms with Crippen LogP contribution in [-0.4, -0.2) is 27.9 Å². The molecule has 0 spiro atoms. The van der Waals surface area contributed by atoms with Gasteiger partial charge in [-0.1, -0.05) is 0 Å². The molecule has 1 atom stereocenters. The highest BCUT2D eigenvalue weighted by Gasteiger charge is 2.41. The fourth-order valence-corrected chi connectivity index (χ4v) is 6.04. The maximum atomic E-state index is 14.0. The smallest absolute Gasteiger partial charge is 0.251 e. The molecule has 0 aliphatic heterocycles. The van der Waals surface area contributed by atoms with Gasteiger partial charge in [-0.3, -0.25) is 9.78 Å². The van der Waals surface area contributed by atoms with Crippen LogP contribution in [0.25, 0.3) is 21.9 Å². The van der Waals surface area contributed by atoms with Crippen LogP contribution in [0.1, 0.15) is 72.1 Å². The van der Waals surface area contributed by atoms with Gasteiger partial charge in [0.2, 0.25) is 0 Å². The molecule has 34 heavy (non-hydrogen) atoms. The van der Waals surface area contributed by atoms with Gasteiger partial charge in [0.05, 0.1) is 16.6 Å². The van der Waals surface area contributed by atoms with Crippen molar-refractivity contribution < 1.29 is 9.18 Å². The lowest BCUT2D eigenvalue weighted by Gasteiger charge is -2.34. The molecule has 5 nitrogen and oxygen atoms in total. The number of amides is 1. The molecule has 6 rings (SSSR count). The van der Waals surface area contributed by atoms with Gasteiger partial charge in [0.25, 0.3) is 5.91 Å². The number of fused-ring (bicyclic) bond motifs is 2. The number of aromatic nitrogens is 3. The third-order valence-electron chi connectivity index (χ3n) is 7.89. The van der Waals surface area contributed by atoms with Crippen LogP contribution in [0.2, 0.25) is 0 Å². The predicted molar refractivity (Wildman–Crippen MR) is 131 cm³/mol. The van der Waals surface area contributed by atoms with E-state index >= 15 is 0 Å². The first kappa shape index (κ1) is 21.3. The largest absolute Gasteiger partial charge is 0.355 e. The van der Waals surface area contributed by atoms with Crippen LogP contribution in [0.5, 0.6) is 0 Å². The molecule has 0 radical (unpaired) electrons. The number of pyridine rings is 1. The number of benzene rings is 2. The second-order valence-electron chi connectivity index (χ2n) is 9.97. The van der Waals surface area contributed by atoms with Crippen molar-refractivity contribution in [3.63, 3.8) is 0 Å². The molecule has 2 N–H and O–H groups in total. The number of hydrogen-bond donors (Lipinski definition) is 2. The number of nitrogens with one attached hydrogen (secondary N) is 2.